The molecule has 1 unspecified atom stereocenters. The van der Waals surface area contributed by atoms with Gasteiger partial charge < -0.3 is 10.2 Å². The summed E-state index contributed by atoms with van der Waals surface area (Å²) in [5.74, 6) is 0. The average Bonchev–Trinajstić information content (AvgIpc) is 2.39. The highest BCUT2D eigenvalue weighted by molar-refractivity contribution is 4.85. The Hall–Kier alpha value is -0.0800. The predicted octanol–water partition coefficient (Wildman–Crippen LogP) is 3.52. The predicted molar refractivity (Wildman–Crippen MR) is 81.0 cm³/mol. The van der Waals surface area contributed by atoms with Crippen molar-refractivity contribution < 1.29 is 0 Å². The summed E-state index contributed by atoms with van der Waals surface area (Å²) in [7, 11) is 0. The molecule has 1 fully saturated rings. The number of hydrogen-bond donors (Lipinski definition) is 1. The maximum absolute atomic E-state index is 3.53. The maximum atomic E-state index is 3.53. The maximum Gasteiger partial charge on any atom is 0.00474 e. The average molecular weight is 254 g/mol. The van der Waals surface area contributed by atoms with Crippen molar-refractivity contribution in [3.63, 3.8) is 0 Å². The van der Waals surface area contributed by atoms with Crippen molar-refractivity contribution in [1.29, 1.82) is 0 Å². The van der Waals surface area contributed by atoms with Gasteiger partial charge in [0.15, 0.2) is 0 Å². The summed E-state index contributed by atoms with van der Waals surface area (Å²) in [6.45, 7) is 17.9. The molecule has 0 aromatic carbocycles. The second-order valence-corrected chi connectivity index (χ2v) is 6.88. The van der Waals surface area contributed by atoms with Gasteiger partial charge >= 0.3 is 0 Å². The fraction of sp³-hybridized carbons (Fsp3) is 1.00. The van der Waals surface area contributed by atoms with Crippen LogP contribution in [0.5, 0.6) is 0 Å². The lowest BCUT2D eigenvalue weighted by molar-refractivity contribution is 0.0755. The molecule has 18 heavy (non-hydrogen) atoms. The van der Waals surface area contributed by atoms with E-state index in [0.29, 0.717) is 10.8 Å². The molecule has 0 saturated carbocycles. The van der Waals surface area contributed by atoms with Gasteiger partial charge in [0.05, 0.1) is 0 Å². The highest BCUT2D eigenvalue weighted by Gasteiger charge is 2.31. The van der Waals surface area contributed by atoms with Crippen molar-refractivity contribution in [3.8, 4) is 0 Å². The van der Waals surface area contributed by atoms with Gasteiger partial charge in [-0.25, -0.2) is 0 Å². The molecule has 0 spiro atoms. The molecule has 0 amide bonds. The van der Waals surface area contributed by atoms with E-state index < -0.39 is 0 Å². The summed E-state index contributed by atoms with van der Waals surface area (Å²) in [6, 6.07) is 0. The van der Waals surface area contributed by atoms with E-state index >= 15 is 0 Å². The topological polar surface area (TPSA) is 15.3 Å². The third-order valence-electron chi connectivity index (χ3n) is 5.18. The van der Waals surface area contributed by atoms with Crippen LogP contribution in [-0.4, -0.2) is 37.6 Å². The van der Waals surface area contributed by atoms with E-state index in [-0.39, 0.29) is 0 Å². The molecule has 1 N–H and O–H groups in total. The van der Waals surface area contributed by atoms with Gasteiger partial charge in [-0.15, -0.1) is 0 Å². The van der Waals surface area contributed by atoms with E-state index in [0.717, 1.165) is 13.1 Å². The Morgan fingerprint density at radius 3 is 2.22 bits per heavy atom. The van der Waals surface area contributed by atoms with E-state index in [1.165, 1.54) is 45.3 Å². The highest BCUT2D eigenvalue weighted by Crippen LogP contribution is 2.35. The summed E-state index contributed by atoms with van der Waals surface area (Å²) in [5, 5.41) is 3.53. The molecular formula is C16H34N2. The van der Waals surface area contributed by atoms with E-state index in [4.69, 9.17) is 0 Å². The molecule has 1 saturated heterocycles. The quantitative estimate of drug-likeness (QED) is 0.748. The fourth-order valence-electron chi connectivity index (χ4n) is 2.86. The standard InChI is InChI=1S/C16H34N2/c1-6-15(4)9-11-18(12-10-15)14-16(5,7-2)13-17-8-3/h17H,6-14H2,1-5H3. The first kappa shape index (κ1) is 16.0. The lowest BCUT2D eigenvalue weighted by Crippen LogP contribution is -2.46. The van der Waals surface area contributed by atoms with Crippen LogP contribution in [0, 0.1) is 10.8 Å². The molecular weight excluding hydrogens is 220 g/mol. The Morgan fingerprint density at radius 1 is 1.17 bits per heavy atom. The molecule has 0 aliphatic carbocycles. The lowest BCUT2D eigenvalue weighted by Gasteiger charge is -2.42. The normalized spacial score (nSPS) is 23.8. The zero-order valence-corrected chi connectivity index (χ0v) is 13.3. The summed E-state index contributed by atoms with van der Waals surface area (Å²) in [4.78, 5) is 2.69. The minimum atomic E-state index is 0.440. The molecule has 1 aliphatic heterocycles. The van der Waals surface area contributed by atoms with Crippen LogP contribution in [0.3, 0.4) is 0 Å². The van der Waals surface area contributed by atoms with Crippen molar-refractivity contribution in [2.24, 2.45) is 10.8 Å². The van der Waals surface area contributed by atoms with Gasteiger partial charge in [-0.05, 0) is 49.7 Å². The number of nitrogens with zero attached hydrogens (tertiary/aromatic N) is 1. The second kappa shape index (κ2) is 6.91. The largest absolute Gasteiger partial charge is 0.316 e. The fourth-order valence-corrected chi connectivity index (χ4v) is 2.86. The molecule has 0 bridgehead atoms. The van der Waals surface area contributed by atoms with E-state index in [1.54, 1.807) is 0 Å². The van der Waals surface area contributed by atoms with Crippen molar-refractivity contribution in [2.75, 3.05) is 32.7 Å². The first-order valence-corrected chi connectivity index (χ1v) is 7.90. The molecule has 0 aromatic rings. The van der Waals surface area contributed by atoms with Crippen LogP contribution in [0.1, 0.15) is 60.3 Å². The molecule has 2 nitrogen and oxygen atoms in total. The number of nitrogens with one attached hydrogen (secondary N) is 1. The monoisotopic (exact) mass is 254 g/mol. The molecule has 1 atom stereocenters. The Bertz CT molecular complexity index is 231. The molecule has 2 heteroatoms. The number of likely N-dealkylation sites (tertiary alicyclic amines) is 1. The number of piperidine rings is 1. The smallest absolute Gasteiger partial charge is 0.00474 e. The highest BCUT2D eigenvalue weighted by atomic mass is 15.1. The zero-order chi connectivity index (χ0) is 13.6. The molecule has 0 radical (unpaired) electrons. The Morgan fingerprint density at radius 2 is 1.78 bits per heavy atom. The third kappa shape index (κ3) is 4.55. The van der Waals surface area contributed by atoms with Gasteiger partial charge in [0.25, 0.3) is 0 Å². The van der Waals surface area contributed by atoms with E-state index in [2.05, 4.69) is 44.8 Å². The first-order chi connectivity index (χ1) is 8.47. The van der Waals surface area contributed by atoms with Crippen LogP contribution in [0.25, 0.3) is 0 Å². The molecule has 0 aromatic heterocycles. The zero-order valence-electron chi connectivity index (χ0n) is 13.3. The van der Waals surface area contributed by atoms with Crippen molar-refractivity contribution in [2.45, 2.75) is 60.3 Å². The minimum Gasteiger partial charge on any atom is -0.316 e. The number of rotatable bonds is 7. The Labute approximate surface area is 115 Å². The van der Waals surface area contributed by atoms with Gasteiger partial charge in [0.2, 0.25) is 0 Å². The lowest BCUT2D eigenvalue weighted by atomic mass is 9.77. The van der Waals surface area contributed by atoms with Gasteiger partial charge in [0, 0.05) is 13.1 Å². The molecule has 1 heterocycles. The van der Waals surface area contributed by atoms with Crippen LogP contribution < -0.4 is 5.32 Å². The summed E-state index contributed by atoms with van der Waals surface area (Å²) in [5.41, 5.74) is 1.05. The van der Waals surface area contributed by atoms with Gasteiger partial charge in [-0.3, -0.25) is 0 Å². The Kier molecular flexibility index (Phi) is 6.13. The van der Waals surface area contributed by atoms with Gasteiger partial charge in [0.1, 0.15) is 0 Å². The first-order valence-electron chi connectivity index (χ1n) is 7.90. The molecule has 108 valence electrons. The SMILES string of the molecule is CCNCC(C)(CC)CN1CCC(C)(CC)CC1. The molecule has 1 rings (SSSR count). The van der Waals surface area contributed by atoms with Gasteiger partial charge in [-0.2, -0.15) is 0 Å². The van der Waals surface area contributed by atoms with Crippen LogP contribution in [-0.2, 0) is 0 Å². The summed E-state index contributed by atoms with van der Waals surface area (Å²) >= 11 is 0. The van der Waals surface area contributed by atoms with Crippen LogP contribution >= 0.6 is 0 Å². The van der Waals surface area contributed by atoms with Crippen LogP contribution in [0.2, 0.25) is 0 Å². The van der Waals surface area contributed by atoms with Crippen LogP contribution in [0.15, 0.2) is 0 Å². The minimum absolute atomic E-state index is 0.440. The molecule has 1 aliphatic rings. The second-order valence-electron chi connectivity index (χ2n) is 6.88. The summed E-state index contributed by atoms with van der Waals surface area (Å²) in [6.07, 6.45) is 5.36. The summed E-state index contributed by atoms with van der Waals surface area (Å²) < 4.78 is 0. The van der Waals surface area contributed by atoms with Gasteiger partial charge in [-0.1, -0.05) is 41.0 Å². The van der Waals surface area contributed by atoms with Crippen LogP contribution in [0.4, 0.5) is 0 Å². The Balaban J connectivity index is 2.43. The van der Waals surface area contributed by atoms with Crippen molar-refractivity contribution >= 4 is 0 Å². The van der Waals surface area contributed by atoms with E-state index in [9.17, 15) is 0 Å². The van der Waals surface area contributed by atoms with E-state index in [1.807, 2.05) is 0 Å². The third-order valence-corrected chi connectivity index (χ3v) is 5.18. The van der Waals surface area contributed by atoms with Crippen molar-refractivity contribution in [1.82, 2.24) is 10.2 Å². The number of hydrogen-bond acceptors (Lipinski definition) is 2. The van der Waals surface area contributed by atoms with Crippen molar-refractivity contribution in [3.05, 3.63) is 0 Å².